The normalized spacial score (nSPS) is 27.1. The molecule has 20 heavy (non-hydrogen) atoms. The molecule has 2 unspecified atom stereocenters. The van der Waals surface area contributed by atoms with Crippen molar-refractivity contribution in [2.45, 2.75) is 30.6 Å². The van der Waals surface area contributed by atoms with Gasteiger partial charge in [0.15, 0.2) is 0 Å². The lowest BCUT2D eigenvalue weighted by atomic mass is 10.0. The number of likely N-dealkylation sites (N-methyl/N-ethyl adjacent to an activating group) is 1. The summed E-state index contributed by atoms with van der Waals surface area (Å²) in [5.74, 6) is -1.53. The van der Waals surface area contributed by atoms with Gasteiger partial charge in [-0.2, -0.15) is 11.8 Å². The number of carbonyl (C=O) groups excluding carboxylic acids is 1. The van der Waals surface area contributed by atoms with Crippen LogP contribution in [0.1, 0.15) is 19.8 Å². The lowest BCUT2D eigenvalue weighted by molar-refractivity contribution is -0.142. The van der Waals surface area contributed by atoms with Crippen molar-refractivity contribution in [3.63, 3.8) is 0 Å². The number of ether oxygens (including phenoxy) is 1. The predicted molar refractivity (Wildman–Crippen MR) is 77.0 cm³/mol. The number of rotatable bonds is 6. The van der Waals surface area contributed by atoms with Gasteiger partial charge < -0.3 is 20.1 Å². The van der Waals surface area contributed by atoms with Crippen LogP contribution < -0.4 is 5.32 Å². The first-order chi connectivity index (χ1) is 9.53. The molecule has 1 saturated carbocycles. The summed E-state index contributed by atoms with van der Waals surface area (Å²) in [4.78, 5) is 25.0. The van der Waals surface area contributed by atoms with Gasteiger partial charge in [0, 0.05) is 17.8 Å². The van der Waals surface area contributed by atoms with E-state index in [0.717, 1.165) is 12.8 Å². The summed E-state index contributed by atoms with van der Waals surface area (Å²) in [5, 5.41) is 12.1. The van der Waals surface area contributed by atoms with Crippen LogP contribution in [0.15, 0.2) is 0 Å². The number of urea groups is 1. The van der Waals surface area contributed by atoms with Crippen LogP contribution in [-0.4, -0.2) is 65.4 Å². The SMILES string of the molecule is CCN(C(=O)NCC1(SC)CC1)C1COCC1C(=O)O. The first-order valence-corrected chi connectivity index (χ1v) is 8.15. The van der Waals surface area contributed by atoms with Crippen molar-refractivity contribution >= 4 is 23.8 Å². The Balaban J connectivity index is 1.93. The Hall–Kier alpha value is -0.950. The molecule has 0 aromatic heterocycles. The van der Waals surface area contributed by atoms with Gasteiger partial charge in [0.1, 0.15) is 5.92 Å². The van der Waals surface area contributed by atoms with Gasteiger partial charge in [-0.15, -0.1) is 0 Å². The summed E-state index contributed by atoms with van der Waals surface area (Å²) in [5.41, 5.74) is 0. The second-order valence-corrected chi connectivity index (χ2v) is 6.66. The van der Waals surface area contributed by atoms with E-state index < -0.39 is 11.9 Å². The number of aliphatic carboxylic acids is 1. The van der Waals surface area contributed by atoms with Crippen molar-refractivity contribution in [1.29, 1.82) is 0 Å². The van der Waals surface area contributed by atoms with E-state index in [1.54, 1.807) is 16.7 Å². The zero-order valence-electron chi connectivity index (χ0n) is 11.9. The van der Waals surface area contributed by atoms with Crippen LogP contribution in [-0.2, 0) is 9.53 Å². The second-order valence-electron chi connectivity index (χ2n) is 5.38. The predicted octanol–water partition coefficient (Wildman–Crippen LogP) is 1.01. The molecule has 0 spiro atoms. The molecule has 114 valence electrons. The molecule has 0 bridgehead atoms. The summed E-state index contributed by atoms with van der Waals surface area (Å²) in [6, 6.07) is -0.559. The van der Waals surface area contributed by atoms with E-state index in [9.17, 15) is 14.7 Å². The standard InChI is InChI=1S/C13H22N2O4S/c1-3-15(10-7-19-6-9(10)11(16)17)12(18)14-8-13(20-2)4-5-13/h9-10H,3-8H2,1-2H3,(H,14,18)(H,16,17). The molecule has 0 aromatic rings. The number of carboxylic acid groups (broad SMARTS) is 1. The Morgan fingerprint density at radius 1 is 1.45 bits per heavy atom. The molecule has 0 aromatic carbocycles. The molecule has 2 fully saturated rings. The molecule has 0 radical (unpaired) electrons. The van der Waals surface area contributed by atoms with Gasteiger partial charge in [-0.25, -0.2) is 4.79 Å². The number of thioether (sulfide) groups is 1. The molecule has 6 nitrogen and oxygen atoms in total. The van der Waals surface area contributed by atoms with Crippen LogP contribution in [0.2, 0.25) is 0 Å². The maximum absolute atomic E-state index is 12.3. The van der Waals surface area contributed by atoms with E-state index in [-0.39, 0.29) is 23.4 Å². The molecule has 2 atom stereocenters. The highest BCUT2D eigenvalue weighted by atomic mass is 32.2. The third-order valence-electron chi connectivity index (χ3n) is 4.17. The Labute approximate surface area is 123 Å². The zero-order valence-corrected chi connectivity index (χ0v) is 12.7. The molecule has 1 heterocycles. The number of amides is 2. The molecule has 2 N–H and O–H groups in total. The van der Waals surface area contributed by atoms with Crippen LogP contribution in [0.4, 0.5) is 4.79 Å². The average molecular weight is 302 g/mol. The molecule has 2 aliphatic rings. The zero-order chi connectivity index (χ0) is 14.8. The van der Waals surface area contributed by atoms with E-state index in [0.29, 0.717) is 19.7 Å². The molecule has 7 heteroatoms. The number of hydrogen-bond donors (Lipinski definition) is 2. The number of carbonyl (C=O) groups is 2. The molecular weight excluding hydrogens is 280 g/mol. The minimum atomic E-state index is -0.901. The molecule has 1 saturated heterocycles. The van der Waals surface area contributed by atoms with Gasteiger partial charge >= 0.3 is 12.0 Å². The minimum absolute atomic E-state index is 0.179. The van der Waals surface area contributed by atoms with Crippen molar-refractivity contribution in [2.75, 3.05) is 32.6 Å². The first-order valence-electron chi connectivity index (χ1n) is 6.93. The third-order valence-corrected chi connectivity index (χ3v) is 5.59. The lowest BCUT2D eigenvalue weighted by Crippen LogP contribution is -2.51. The fourth-order valence-corrected chi connectivity index (χ4v) is 3.27. The Morgan fingerprint density at radius 2 is 2.15 bits per heavy atom. The number of hydrogen-bond acceptors (Lipinski definition) is 4. The highest BCUT2D eigenvalue weighted by molar-refractivity contribution is 8.00. The average Bonchev–Trinajstić information content (AvgIpc) is 3.06. The van der Waals surface area contributed by atoms with Crippen molar-refractivity contribution in [2.24, 2.45) is 5.92 Å². The maximum Gasteiger partial charge on any atom is 0.317 e. The van der Waals surface area contributed by atoms with Crippen molar-refractivity contribution in [3.05, 3.63) is 0 Å². The summed E-state index contributed by atoms with van der Waals surface area (Å²) < 4.78 is 5.44. The molecule has 2 rings (SSSR count). The fraction of sp³-hybridized carbons (Fsp3) is 0.846. The molecule has 2 amide bonds. The van der Waals surface area contributed by atoms with E-state index in [2.05, 4.69) is 11.6 Å². The van der Waals surface area contributed by atoms with Crippen molar-refractivity contribution in [3.8, 4) is 0 Å². The summed E-state index contributed by atoms with van der Waals surface area (Å²) >= 11 is 1.79. The van der Waals surface area contributed by atoms with Crippen molar-refractivity contribution in [1.82, 2.24) is 10.2 Å². The van der Waals surface area contributed by atoms with Crippen LogP contribution in [0.5, 0.6) is 0 Å². The quantitative estimate of drug-likeness (QED) is 0.765. The van der Waals surface area contributed by atoms with Crippen LogP contribution >= 0.6 is 11.8 Å². The Bertz CT molecular complexity index is 387. The topological polar surface area (TPSA) is 78.9 Å². The number of nitrogens with zero attached hydrogens (tertiary/aromatic N) is 1. The van der Waals surface area contributed by atoms with Gasteiger partial charge in [-0.3, -0.25) is 4.79 Å². The van der Waals surface area contributed by atoms with Crippen molar-refractivity contribution < 1.29 is 19.4 Å². The van der Waals surface area contributed by atoms with E-state index in [4.69, 9.17) is 4.74 Å². The van der Waals surface area contributed by atoms with E-state index in [1.165, 1.54) is 0 Å². The smallest absolute Gasteiger partial charge is 0.317 e. The molecular formula is C13H22N2O4S. The second kappa shape index (κ2) is 6.22. The Kier molecular flexibility index (Phi) is 4.80. The summed E-state index contributed by atoms with van der Waals surface area (Å²) in [6.07, 6.45) is 4.32. The summed E-state index contributed by atoms with van der Waals surface area (Å²) in [6.45, 7) is 3.47. The Morgan fingerprint density at radius 3 is 2.65 bits per heavy atom. The lowest BCUT2D eigenvalue weighted by Gasteiger charge is -2.30. The van der Waals surface area contributed by atoms with Gasteiger partial charge in [0.2, 0.25) is 0 Å². The highest BCUT2D eigenvalue weighted by Crippen LogP contribution is 2.46. The first kappa shape index (κ1) is 15.4. The van der Waals surface area contributed by atoms with Gasteiger partial charge in [-0.05, 0) is 26.0 Å². The minimum Gasteiger partial charge on any atom is -0.481 e. The van der Waals surface area contributed by atoms with Gasteiger partial charge in [-0.1, -0.05) is 0 Å². The maximum atomic E-state index is 12.3. The van der Waals surface area contributed by atoms with Crippen LogP contribution in [0.25, 0.3) is 0 Å². The van der Waals surface area contributed by atoms with Gasteiger partial charge in [0.05, 0.1) is 19.3 Å². The van der Waals surface area contributed by atoms with E-state index in [1.807, 2.05) is 6.92 Å². The number of nitrogens with one attached hydrogen (secondary N) is 1. The van der Waals surface area contributed by atoms with E-state index >= 15 is 0 Å². The summed E-state index contributed by atoms with van der Waals surface area (Å²) in [7, 11) is 0. The van der Waals surface area contributed by atoms with Gasteiger partial charge in [0.25, 0.3) is 0 Å². The molecule has 1 aliphatic carbocycles. The van der Waals surface area contributed by atoms with Crippen LogP contribution in [0, 0.1) is 5.92 Å². The highest BCUT2D eigenvalue weighted by Gasteiger charge is 2.43. The fourth-order valence-electron chi connectivity index (χ4n) is 2.55. The molecule has 1 aliphatic heterocycles. The van der Waals surface area contributed by atoms with Crippen LogP contribution in [0.3, 0.4) is 0 Å². The monoisotopic (exact) mass is 302 g/mol. The third kappa shape index (κ3) is 3.20. The number of carboxylic acids is 1. The largest absolute Gasteiger partial charge is 0.481 e.